The van der Waals surface area contributed by atoms with E-state index in [1.54, 1.807) is 10.6 Å². The van der Waals surface area contributed by atoms with E-state index in [-0.39, 0.29) is 27.2 Å². The number of rotatable bonds is 4. The normalized spacial score (nSPS) is 31.7. The zero-order chi connectivity index (χ0) is 20.5. The molecule has 4 saturated carbocycles. The van der Waals surface area contributed by atoms with Gasteiger partial charge in [0.05, 0.1) is 5.39 Å². The minimum atomic E-state index is -2.73. The van der Waals surface area contributed by atoms with Crippen LogP contribution in [0.1, 0.15) is 82.5 Å². The van der Waals surface area contributed by atoms with Crippen molar-refractivity contribution < 1.29 is 8.78 Å². The lowest BCUT2D eigenvalue weighted by Gasteiger charge is -2.56. The second-order valence-corrected chi connectivity index (χ2v) is 10.1. The highest BCUT2D eigenvalue weighted by atomic mass is 32.1. The summed E-state index contributed by atoms with van der Waals surface area (Å²) in [5.41, 5.74) is 0.205. The monoisotopic (exact) mass is 419 g/mol. The topological polar surface area (TPSA) is 50.7 Å². The summed E-state index contributed by atoms with van der Waals surface area (Å²) in [5.74, 6) is 2.05. The van der Waals surface area contributed by atoms with E-state index in [0.717, 1.165) is 31.4 Å². The zero-order valence-corrected chi connectivity index (χ0v) is 17.7. The van der Waals surface area contributed by atoms with E-state index in [0.29, 0.717) is 23.4 Å². The number of hydrogen-bond acceptors (Lipinski definition) is 3. The summed E-state index contributed by atoms with van der Waals surface area (Å²) in [5, 5.41) is -0.0117. The SMILES string of the molecule is CC[C@H](C)n1c(=S)[nH]c(=O)c2c(C(F)F)cc(C34CC5CC(CC(C5)C3)C4)nc21. The van der Waals surface area contributed by atoms with Gasteiger partial charge in [0, 0.05) is 22.7 Å². The maximum atomic E-state index is 14.1. The molecule has 4 fully saturated rings. The molecule has 2 aromatic rings. The third-order valence-electron chi connectivity index (χ3n) is 7.77. The minimum absolute atomic E-state index is 0.0117. The highest BCUT2D eigenvalue weighted by Crippen LogP contribution is 2.60. The molecule has 29 heavy (non-hydrogen) atoms. The van der Waals surface area contributed by atoms with E-state index < -0.39 is 12.0 Å². The number of fused-ring (bicyclic) bond motifs is 1. The smallest absolute Gasteiger partial charge is 0.264 e. The Balaban J connectivity index is 1.80. The largest absolute Gasteiger partial charge is 0.300 e. The summed E-state index contributed by atoms with van der Waals surface area (Å²) in [6.07, 6.45) is 4.97. The molecule has 1 atom stereocenters. The fourth-order valence-electron chi connectivity index (χ4n) is 6.73. The Morgan fingerprint density at radius 1 is 1.24 bits per heavy atom. The number of H-pyrrole nitrogens is 1. The molecule has 4 aliphatic rings. The molecule has 0 aromatic carbocycles. The molecule has 7 heteroatoms. The van der Waals surface area contributed by atoms with Crippen molar-refractivity contribution in [2.45, 2.75) is 76.7 Å². The zero-order valence-electron chi connectivity index (χ0n) is 16.9. The number of aromatic nitrogens is 3. The Bertz CT molecular complexity index is 1050. The van der Waals surface area contributed by atoms with Crippen molar-refractivity contribution in [3.8, 4) is 0 Å². The summed E-state index contributed by atoms with van der Waals surface area (Å²) < 4.78 is 30.3. The van der Waals surface area contributed by atoms with Gasteiger partial charge in [-0.15, -0.1) is 0 Å². The van der Waals surface area contributed by atoms with Gasteiger partial charge in [-0.1, -0.05) is 6.92 Å². The third kappa shape index (κ3) is 2.91. The molecule has 2 heterocycles. The van der Waals surface area contributed by atoms with Crippen LogP contribution in [0.5, 0.6) is 0 Å². The van der Waals surface area contributed by atoms with Crippen molar-refractivity contribution in [2.24, 2.45) is 17.8 Å². The van der Waals surface area contributed by atoms with Gasteiger partial charge in [-0.3, -0.25) is 14.3 Å². The Morgan fingerprint density at radius 2 is 1.83 bits per heavy atom. The van der Waals surface area contributed by atoms with Crippen LogP contribution in [0.15, 0.2) is 10.9 Å². The second-order valence-electron chi connectivity index (χ2n) is 9.68. The van der Waals surface area contributed by atoms with E-state index in [9.17, 15) is 13.6 Å². The van der Waals surface area contributed by atoms with Crippen molar-refractivity contribution in [1.29, 1.82) is 0 Å². The van der Waals surface area contributed by atoms with Gasteiger partial charge in [-0.05, 0) is 87.9 Å². The van der Waals surface area contributed by atoms with E-state index >= 15 is 0 Å². The first-order valence-electron chi connectivity index (χ1n) is 10.8. The van der Waals surface area contributed by atoms with Crippen molar-refractivity contribution in [3.63, 3.8) is 0 Å². The Hall–Kier alpha value is -1.63. The first-order chi connectivity index (χ1) is 13.8. The van der Waals surface area contributed by atoms with Crippen LogP contribution in [0, 0.1) is 22.5 Å². The van der Waals surface area contributed by atoms with Crippen LogP contribution < -0.4 is 5.56 Å². The molecule has 0 radical (unpaired) electrons. The molecule has 4 nitrogen and oxygen atoms in total. The number of alkyl halides is 2. The van der Waals surface area contributed by atoms with Crippen molar-refractivity contribution >= 4 is 23.3 Å². The van der Waals surface area contributed by atoms with Gasteiger partial charge in [0.1, 0.15) is 5.65 Å². The lowest BCUT2D eigenvalue weighted by Crippen LogP contribution is -2.49. The van der Waals surface area contributed by atoms with Gasteiger partial charge >= 0.3 is 0 Å². The maximum Gasteiger partial charge on any atom is 0.264 e. The number of nitrogens with one attached hydrogen (secondary N) is 1. The highest BCUT2D eigenvalue weighted by molar-refractivity contribution is 7.71. The van der Waals surface area contributed by atoms with Gasteiger partial charge < -0.3 is 0 Å². The van der Waals surface area contributed by atoms with Crippen LogP contribution in [0.2, 0.25) is 0 Å². The summed E-state index contributed by atoms with van der Waals surface area (Å²) in [6, 6.07) is 1.51. The van der Waals surface area contributed by atoms with Crippen molar-refractivity contribution in [1.82, 2.24) is 14.5 Å². The maximum absolute atomic E-state index is 14.1. The van der Waals surface area contributed by atoms with Crippen LogP contribution in [0.25, 0.3) is 11.0 Å². The van der Waals surface area contributed by atoms with Gasteiger partial charge in [0.15, 0.2) is 4.77 Å². The Labute approximate surface area is 173 Å². The number of aromatic amines is 1. The van der Waals surface area contributed by atoms with E-state index in [2.05, 4.69) is 4.98 Å². The van der Waals surface area contributed by atoms with E-state index in [1.165, 1.54) is 19.3 Å². The minimum Gasteiger partial charge on any atom is -0.300 e. The first-order valence-corrected chi connectivity index (χ1v) is 11.2. The quantitative estimate of drug-likeness (QED) is 0.634. The number of hydrogen-bond donors (Lipinski definition) is 1. The summed E-state index contributed by atoms with van der Waals surface area (Å²) >= 11 is 5.41. The molecular formula is C22H27F2N3OS. The summed E-state index contributed by atoms with van der Waals surface area (Å²) in [7, 11) is 0. The molecule has 0 spiro atoms. The predicted molar refractivity (Wildman–Crippen MR) is 111 cm³/mol. The highest BCUT2D eigenvalue weighted by Gasteiger charge is 2.52. The molecule has 1 N–H and O–H groups in total. The van der Waals surface area contributed by atoms with Gasteiger partial charge in [-0.25, -0.2) is 13.8 Å². The van der Waals surface area contributed by atoms with Gasteiger partial charge in [0.2, 0.25) is 0 Å². The van der Waals surface area contributed by atoms with Gasteiger partial charge in [0.25, 0.3) is 12.0 Å². The van der Waals surface area contributed by atoms with E-state index in [1.807, 2.05) is 13.8 Å². The summed E-state index contributed by atoms with van der Waals surface area (Å²) in [4.78, 5) is 20.2. The molecule has 156 valence electrons. The van der Waals surface area contributed by atoms with Gasteiger partial charge in [-0.2, -0.15) is 0 Å². The van der Waals surface area contributed by atoms with Crippen LogP contribution in [0.3, 0.4) is 0 Å². The number of halogens is 2. The standard InChI is InChI=1S/C22H27F2N3OS/c1-3-11(2)27-19-17(20(28)26-21(27)29)15(18(23)24)7-16(25-19)22-8-12-4-13(9-22)6-14(5-12)10-22/h7,11-14,18H,3-6,8-10H2,1-2H3,(H,26,28,29)/t11-,12?,13?,14?,22?/m0/s1. The van der Waals surface area contributed by atoms with Crippen LogP contribution in [0.4, 0.5) is 8.78 Å². The molecule has 0 unspecified atom stereocenters. The third-order valence-corrected chi connectivity index (χ3v) is 8.07. The molecule has 0 amide bonds. The lowest BCUT2D eigenvalue weighted by atomic mass is 9.48. The lowest BCUT2D eigenvalue weighted by molar-refractivity contribution is -0.00723. The summed E-state index contributed by atoms with van der Waals surface area (Å²) in [6.45, 7) is 4.00. The van der Waals surface area contributed by atoms with Crippen LogP contribution >= 0.6 is 12.2 Å². The van der Waals surface area contributed by atoms with Crippen molar-refractivity contribution in [2.75, 3.05) is 0 Å². The van der Waals surface area contributed by atoms with E-state index in [4.69, 9.17) is 17.2 Å². The molecule has 2 aromatic heterocycles. The van der Waals surface area contributed by atoms with Crippen molar-refractivity contribution in [3.05, 3.63) is 32.4 Å². The Morgan fingerprint density at radius 3 is 2.34 bits per heavy atom. The molecule has 4 aliphatic carbocycles. The number of pyridine rings is 1. The van der Waals surface area contributed by atoms with Crippen LogP contribution in [-0.2, 0) is 5.41 Å². The fourth-order valence-corrected chi connectivity index (χ4v) is 7.09. The predicted octanol–water partition coefficient (Wildman–Crippen LogP) is 5.83. The molecule has 4 bridgehead atoms. The fraction of sp³-hybridized carbons (Fsp3) is 0.682. The molecular weight excluding hydrogens is 392 g/mol. The Kier molecular flexibility index (Phi) is 4.46. The molecule has 6 rings (SSSR count). The molecule has 0 aliphatic heterocycles. The average Bonchev–Trinajstić information content (AvgIpc) is 2.65. The van der Waals surface area contributed by atoms with Crippen LogP contribution in [-0.4, -0.2) is 14.5 Å². The second kappa shape index (κ2) is 6.69. The number of nitrogens with zero attached hydrogens (tertiary/aromatic N) is 2. The average molecular weight is 420 g/mol. The molecule has 0 saturated heterocycles. The first kappa shape index (κ1) is 19.3.